The van der Waals surface area contributed by atoms with Crippen LogP contribution in [0.25, 0.3) is 16.6 Å². The Morgan fingerprint density at radius 3 is 2.16 bits per heavy atom. The van der Waals surface area contributed by atoms with Gasteiger partial charge in [-0.2, -0.15) is 0 Å². The molecule has 0 saturated carbocycles. The first kappa shape index (κ1) is 15.9. The molecular formula is C14H8N4O7. The maximum Gasteiger partial charge on any atom is 0.338 e. The Morgan fingerprint density at radius 2 is 1.64 bits per heavy atom. The maximum atomic E-state index is 12.5. The molecule has 2 N–H and O–H groups in total. The Bertz CT molecular complexity index is 1090. The van der Waals surface area contributed by atoms with E-state index in [2.05, 4.69) is 5.10 Å². The number of H-pyrrole nitrogens is 1. The Hall–Kier alpha value is -4.02. The Kier molecular flexibility index (Phi) is 3.53. The average Bonchev–Trinajstić information content (AvgIpc) is 2.91. The number of hydrogen-bond donors (Lipinski definition) is 2. The molecule has 0 aliphatic carbocycles. The summed E-state index contributed by atoms with van der Waals surface area (Å²) >= 11 is 0. The average molecular weight is 344 g/mol. The lowest BCUT2D eigenvalue weighted by molar-refractivity contribution is -0.385. The molecular weight excluding hydrogens is 336 g/mol. The maximum absolute atomic E-state index is 12.5. The summed E-state index contributed by atoms with van der Waals surface area (Å²) < 4.78 is 0.963. The van der Waals surface area contributed by atoms with Gasteiger partial charge in [0.05, 0.1) is 32.0 Å². The highest BCUT2D eigenvalue weighted by molar-refractivity contribution is 6.03. The van der Waals surface area contributed by atoms with Gasteiger partial charge in [0.15, 0.2) is 0 Å². The summed E-state index contributed by atoms with van der Waals surface area (Å²) in [6.07, 6.45) is 0. The van der Waals surface area contributed by atoms with Crippen LogP contribution in [0.1, 0.15) is 10.4 Å². The van der Waals surface area contributed by atoms with Crippen LogP contribution < -0.4 is 5.56 Å². The van der Waals surface area contributed by atoms with Crippen LogP contribution in [0.5, 0.6) is 0 Å². The van der Waals surface area contributed by atoms with Crippen molar-refractivity contribution in [1.29, 1.82) is 0 Å². The third kappa shape index (κ3) is 2.59. The van der Waals surface area contributed by atoms with Gasteiger partial charge in [0.2, 0.25) is 0 Å². The van der Waals surface area contributed by atoms with E-state index in [0.29, 0.717) is 0 Å². The predicted molar refractivity (Wildman–Crippen MR) is 84.2 cm³/mol. The molecule has 0 aliphatic rings. The summed E-state index contributed by atoms with van der Waals surface area (Å²) in [5.41, 5.74) is -1.73. The second kappa shape index (κ2) is 5.56. The van der Waals surface area contributed by atoms with Crippen molar-refractivity contribution in [1.82, 2.24) is 9.78 Å². The standard InChI is InChI=1S/C14H8N4O7/c19-13-10-5-9(18(24)25)6-11(14(20)21)12(10)15-16(13)7-1-3-8(4-2-7)17(22)23/h1-6,15H,(H,20,21). The molecule has 0 bridgehead atoms. The Labute approximate surface area is 137 Å². The molecule has 126 valence electrons. The molecule has 0 unspecified atom stereocenters. The lowest BCUT2D eigenvalue weighted by Gasteiger charge is -2.00. The van der Waals surface area contributed by atoms with Gasteiger partial charge in [-0.1, -0.05) is 0 Å². The van der Waals surface area contributed by atoms with Gasteiger partial charge in [-0.05, 0) is 12.1 Å². The van der Waals surface area contributed by atoms with Gasteiger partial charge in [-0.15, -0.1) is 0 Å². The van der Waals surface area contributed by atoms with Crippen LogP contribution in [0.4, 0.5) is 11.4 Å². The predicted octanol–water partition coefficient (Wildman–Crippen LogP) is 1.83. The van der Waals surface area contributed by atoms with Gasteiger partial charge < -0.3 is 5.11 Å². The number of nitrogens with one attached hydrogen (secondary N) is 1. The molecule has 0 amide bonds. The van der Waals surface area contributed by atoms with Gasteiger partial charge in [0, 0.05) is 24.3 Å². The first-order chi connectivity index (χ1) is 11.8. The third-order valence-electron chi connectivity index (χ3n) is 3.54. The van der Waals surface area contributed by atoms with Crippen molar-refractivity contribution in [3.63, 3.8) is 0 Å². The molecule has 3 aromatic rings. The first-order valence-electron chi connectivity index (χ1n) is 6.71. The molecule has 11 heteroatoms. The number of carbonyl (C=O) groups is 1. The fourth-order valence-corrected chi connectivity index (χ4v) is 2.38. The van der Waals surface area contributed by atoms with Gasteiger partial charge in [-0.3, -0.25) is 30.1 Å². The minimum Gasteiger partial charge on any atom is -0.478 e. The lowest BCUT2D eigenvalue weighted by atomic mass is 10.1. The van der Waals surface area contributed by atoms with Crippen LogP contribution in [0.3, 0.4) is 0 Å². The summed E-state index contributed by atoms with van der Waals surface area (Å²) in [5.74, 6) is -1.44. The number of hydrogen-bond acceptors (Lipinski definition) is 6. The number of nitrogens with zero attached hydrogens (tertiary/aromatic N) is 3. The molecule has 0 fully saturated rings. The van der Waals surface area contributed by atoms with E-state index < -0.39 is 32.6 Å². The van der Waals surface area contributed by atoms with Gasteiger partial charge in [0.25, 0.3) is 16.9 Å². The van der Waals surface area contributed by atoms with Crippen molar-refractivity contribution in [3.8, 4) is 5.69 Å². The Balaban J connectivity index is 2.27. The highest BCUT2D eigenvalue weighted by Gasteiger charge is 2.21. The summed E-state index contributed by atoms with van der Waals surface area (Å²) in [7, 11) is 0. The molecule has 0 atom stereocenters. The topological polar surface area (TPSA) is 161 Å². The lowest BCUT2D eigenvalue weighted by Crippen LogP contribution is -2.14. The van der Waals surface area contributed by atoms with Crippen LogP contribution in [0.2, 0.25) is 0 Å². The second-order valence-electron chi connectivity index (χ2n) is 5.00. The quantitative estimate of drug-likeness (QED) is 0.539. The third-order valence-corrected chi connectivity index (χ3v) is 3.54. The molecule has 11 nitrogen and oxygen atoms in total. The van der Waals surface area contributed by atoms with Gasteiger partial charge in [-0.25, -0.2) is 9.48 Å². The molecule has 1 heterocycles. The van der Waals surface area contributed by atoms with Crippen molar-refractivity contribution in [2.24, 2.45) is 0 Å². The van der Waals surface area contributed by atoms with Crippen molar-refractivity contribution < 1.29 is 19.7 Å². The number of carboxylic acids is 1. The first-order valence-corrected chi connectivity index (χ1v) is 6.71. The molecule has 3 rings (SSSR count). The fourth-order valence-electron chi connectivity index (χ4n) is 2.38. The van der Waals surface area contributed by atoms with Crippen LogP contribution in [0, 0.1) is 20.2 Å². The molecule has 2 aromatic carbocycles. The smallest absolute Gasteiger partial charge is 0.338 e. The van der Waals surface area contributed by atoms with E-state index in [1.165, 1.54) is 24.3 Å². The van der Waals surface area contributed by atoms with E-state index in [1.807, 2.05) is 0 Å². The number of aromatic nitrogens is 2. The number of aromatic amines is 1. The van der Waals surface area contributed by atoms with E-state index in [4.69, 9.17) is 0 Å². The molecule has 1 aromatic heterocycles. The fraction of sp³-hybridized carbons (Fsp3) is 0. The summed E-state index contributed by atoms with van der Waals surface area (Å²) in [5, 5.41) is 33.2. The van der Waals surface area contributed by atoms with E-state index in [1.54, 1.807) is 0 Å². The highest BCUT2D eigenvalue weighted by Crippen LogP contribution is 2.23. The monoisotopic (exact) mass is 344 g/mol. The SMILES string of the molecule is O=C(O)c1cc([N+](=O)[O-])cc2c(=O)n(-c3ccc([N+](=O)[O-])cc3)[nH]c12. The van der Waals surface area contributed by atoms with Crippen LogP contribution >= 0.6 is 0 Å². The van der Waals surface area contributed by atoms with E-state index in [-0.39, 0.29) is 22.3 Å². The zero-order valence-corrected chi connectivity index (χ0v) is 12.2. The minimum atomic E-state index is -1.44. The number of nitro groups is 2. The summed E-state index contributed by atoms with van der Waals surface area (Å²) in [6.45, 7) is 0. The number of fused-ring (bicyclic) bond motifs is 1. The number of nitro benzene ring substituents is 2. The highest BCUT2D eigenvalue weighted by atomic mass is 16.6. The molecule has 0 radical (unpaired) electrons. The molecule has 0 spiro atoms. The summed E-state index contributed by atoms with van der Waals surface area (Å²) in [6, 6.07) is 6.76. The molecule has 0 aliphatic heterocycles. The second-order valence-corrected chi connectivity index (χ2v) is 5.00. The zero-order valence-electron chi connectivity index (χ0n) is 12.2. The summed E-state index contributed by atoms with van der Waals surface area (Å²) in [4.78, 5) is 44.0. The van der Waals surface area contributed by atoms with E-state index in [0.717, 1.165) is 16.8 Å². The normalized spacial score (nSPS) is 10.7. The zero-order chi connectivity index (χ0) is 18.3. The Morgan fingerprint density at radius 1 is 1.04 bits per heavy atom. The van der Waals surface area contributed by atoms with Crippen LogP contribution in [0.15, 0.2) is 41.2 Å². The van der Waals surface area contributed by atoms with Gasteiger partial charge in [0.1, 0.15) is 0 Å². The van der Waals surface area contributed by atoms with Crippen molar-refractivity contribution >= 4 is 28.2 Å². The van der Waals surface area contributed by atoms with Crippen molar-refractivity contribution in [2.75, 3.05) is 0 Å². The van der Waals surface area contributed by atoms with Crippen LogP contribution in [-0.2, 0) is 0 Å². The molecule has 25 heavy (non-hydrogen) atoms. The minimum absolute atomic E-state index is 0.0820. The largest absolute Gasteiger partial charge is 0.478 e. The number of benzene rings is 2. The molecule has 0 saturated heterocycles. The van der Waals surface area contributed by atoms with Gasteiger partial charge >= 0.3 is 5.97 Å². The van der Waals surface area contributed by atoms with Crippen molar-refractivity contribution in [3.05, 3.63) is 72.5 Å². The number of aromatic carboxylic acids is 1. The van der Waals surface area contributed by atoms with E-state index >= 15 is 0 Å². The van der Waals surface area contributed by atoms with Crippen molar-refractivity contribution in [2.45, 2.75) is 0 Å². The number of non-ortho nitro benzene ring substituents is 2. The number of rotatable bonds is 4. The van der Waals surface area contributed by atoms with E-state index in [9.17, 15) is 34.9 Å². The number of carboxylic acid groups (broad SMARTS) is 1. The van der Waals surface area contributed by atoms with Crippen LogP contribution in [-0.4, -0.2) is 30.7 Å².